The summed E-state index contributed by atoms with van der Waals surface area (Å²) < 4.78 is 1.40. The zero-order valence-corrected chi connectivity index (χ0v) is 9.82. The fourth-order valence-electron chi connectivity index (χ4n) is 1.44. The Balaban J connectivity index is 2.60. The first-order chi connectivity index (χ1) is 7.66. The molecule has 0 saturated carbocycles. The van der Waals surface area contributed by atoms with E-state index in [2.05, 4.69) is 12.2 Å². The summed E-state index contributed by atoms with van der Waals surface area (Å²) in [7, 11) is 1.64. The lowest BCUT2D eigenvalue weighted by Gasteiger charge is -2.05. The lowest BCUT2D eigenvalue weighted by molar-refractivity contribution is 0.0951. The molecule has 0 aliphatic carbocycles. The normalized spacial score (nSPS) is 10.1. The van der Waals surface area contributed by atoms with Gasteiger partial charge in [-0.3, -0.25) is 9.59 Å². The molecule has 1 amide bonds. The highest BCUT2D eigenvalue weighted by atomic mass is 16.2. The molecule has 0 aliphatic rings. The molecule has 0 radical (unpaired) electrons. The maximum absolute atomic E-state index is 11.7. The molecule has 0 saturated heterocycles. The smallest absolute Gasteiger partial charge is 0.263 e. The van der Waals surface area contributed by atoms with E-state index in [9.17, 15) is 9.59 Å². The van der Waals surface area contributed by atoms with Crippen LogP contribution in [0, 0.1) is 0 Å². The van der Waals surface area contributed by atoms with Gasteiger partial charge < -0.3 is 9.88 Å². The van der Waals surface area contributed by atoms with Gasteiger partial charge in [-0.25, -0.2) is 0 Å². The van der Waals surface area contributed by atoms with Crippen LogP contribution < -0.4 is 10.9 Å². The van der Waals surface area contributed by atoms with Gasteiger partial charge in [0.1, 0.15) is 5.56 Å². The second-order valence-electron chi connectivity index (χ2n) is 3.80. The van der Waals surface area contributed by atoms with Crippen molar-refractivity contribution in [2.24, 2.45) is 7.05 Å². The van der Waals surface area contributed by atoms with E-state index in [0.717, 1.165) is 19.3 Å². The summed E-state index contributed by atoms with van der Waals surface area (Å²) in [5.74, 6) is -0.280. The molecule has 4 nitrogen and oxygen atoms in total. The Bertz CT molecular complexity index is 410. The fourth-order valence-corrected chi connectivity index (χ4v) is 1.44. The minimum atomic E-state index is -0.280. The van der Waals surface area contributed by atoms with Crippen LogP contribution in [0.5, 0.6) is 0 Å². The monoisotopic (exact) mass is 222 g/mol. The molecule has 0 unspecified atom stereocenters. The molecular formula is C12H18N2O2. The molecule has 0 atom stereocenters. The molecule has 0 aromatic carbocycles. The summed E-state index contributed by atoms with van der Waals surface area (Å²) in [6, 6.07) is 3.25. The number of nitrogens with zero attached hydrogens (tertiary/aromatic N) is 1. The number of hydrogen-bond acceptors (Lipinski definition) is 2. The second-order valence-corrected chi connectivity index (χ2v) is 3.80. The van der Waals surface area contributed by atoms with Gasteiger partial charge >= 0.3 is 0 Å². The van der Waals surface area contributed by atoms with Crippen LogP contribution in [0.15, 0.2) is 23.1 Å². The lowest BCUT2D eigenvalue weighted by Crippen LogP contribution is -2.32. The van der Waals surface area contributed by atoms with E-state index < -0.39 is 0 Å². The molecule has 4 heteroatoms. The van der Waals surface area contributed by atoms with Gasteiger partial charge in [0.25, 0.3) is 11.5 Å². The largest absolute Gasteiger partial charge is 0.352 e. The minimum absolute atomic E-state index is 0.210. The number of aryl methyl sites for hydroxylation is 1. The summed E-state index contributed by atoms with van der Waals surface area (Å²) in [4.78, 5) is 23.3. The van der Waals surface area contributed by atoms with E-state index in [1.54, 1.807) is 25.4 Å². The van der Waals surface area contributed by atoms with Gasteiger partial charge in [-0.2, -0.15) is 0 Å². The van der Waals surface area contributed by atoms with Gasteiger partial charge in [0.05, 0.1) is 0 Å². The molecule has 0 aliphatic heterocycles. The van der Waals surface area contributed by atoms with Crippen LogP contribution in [0.25, 0.3) is 0 Å². The van der Waals surface area contributed by atoms with E-state index in [1.807, 2.05) is 0 Å². The Hall–Kier alpha value is -1.58. The first-order valence-electron chi connectivity index (χ1n) is 5.60. The van der Waals surface area contributed by atoms with Crippen LogP contribution in [0.4, 0.5) is 0 Å². The minimum Gasteiger partial charge on any atom is -0.352 e. The number of carbonyl (C=O) groups excluding carboxylic acids is 1. The van der Waals surface area contributed by atoms with Crippen molar-refractivity contribution in [3.63, 3.8) is 0 Å². The standard InChI is InChI=1S/C12H18N2O2/c1-3-4-5-8-13-11(15)10-7-6-9-14(2)12(10)16/h6-7,9H,3-5,8H2,1-2H3,(H,13,15). The third kappa shape index (κ3) is 3.22. The molecule has 1 aromatic rings. The Kier molecular flexibility index (Phi) is 4.76. The van der Waals surface area contributed by atoms with Crippen LogP contribution in [0.2, 0.25) is 0 Å². The number of amides is 1. The quantitative estimate of drug-likeness (QED) is 0.763. The summed E-state index contributed by atoms with van der Waals surface area (Å²) in [5.41, 5.74) is -0.0445. The second kappa shape index (κ2) is 6.10. The summed E-state index contributed by atoms with van der Waals surface area (Å²) >= 11 is 0. The molecule has 0 fully saturated rings. The predicted molar refractivity (Wildman–Crippen MR) is 63.5 cm³/mol. The highest BCUT2D eigenvalue weighted by Gasteiger charge is 2.09. The number of rotatable bonds is 5. The Morgan fingerprint density at radius 3 is 2.88 bits per heavy atom. The summed E-state index contributed by atoms with van der Waals surface area (Å²) in [6.07, 6.45) is 4.79. The van der Waals surface area contributed by atoms with Crippen molar-refractivity contribution in [3.05, 3.63) is 34.2 Å². The molecule has 1 N–H and O–H groups in total. The number of carbonyl (C=O) groups is 1. The molecule has 16 heavy (non-hydrogen) atoms. The van der Waals surface area contributed by atoms with Gasteiger partial charge in [0, 0.05) is 19.8 Å². The highest BCUT2D eigenvalue weighted by molar-refractivity contribution is 5.93. The van der Waals surface area contributed by atoms with Crippen molar-refractivity contribution in [2.45, 2.75) is 26.2 Å². The zero-order chi connectivity index (χ0) is 12.0. The number of unbranched alkanes of at least 4 members (excludes halogenated alkanes) is 2. The topological polar surface area (TPSA) is 51.1 Å². The molecule has 0 bridgehead atoms. The third-order valence-electron chi connectivity index (χ3n) is 2.43. The van der Waals surface area contributed by atoms with Crippen molar-refractivity contribution in [2.75, 3.05) is 6.54 Å². The summed E-state index contributed by atoms with van der Waals surface area (Å²) in [6.45, 7) is 2.74. The average molecular weight is 222 g/mol. The number of nitrogens with one attached hydrogen (secondary N) is 1. The van der Waals surface area contributed by atoms with Gasteiger partial charge in [-0.1, -0.05) is 19.8 Å². The Labute approximate surface area is 95.3 Å². The van der Waals surface area contributed by atoms with Crippen LogP contribution in [-0.4, -0.2) is 17.0 Å². The van der Waals surface area contributed by atoms with Gasteiger partial charge in [-0.15, -0.1) is 0 Å². The number of aromatic nitrogens is 1. The van der Waals surface area contributed by atoms with Gasteiger partial charge in [-0.05, 0) is 18.6 Å². The van der Waals surface area contributed by atoms with Crippen LogP contribution in [-0.2, 0) is 7.05 Å². The molecule has 1 aromatic heterocycles. The van der Waals surface area contributed by atoms with E-state index in [0.29, 0.717) is 6.54 Å². The molecule has 88 valence electrons. The predicted octanol–water partition coefficient (Wildman–Crippen LogP) is 1.31. The van der Waals surface area contributed by atoms with E-state index in [1.165, 1.54) is 4.57 Å². The molecular weight excluding hydrogens is 204 g/mol. The maximum Gasteiger partial charge on any atom is 0.263 e. The molecule has 1 heterocycles. The average Bonchev–Trinajstić information content (AvgIpc) is 2.28. The van der Waals surface area contributed by atoms with Crippen molar-refractivity contribution in [1.82, 2.24) is 9.88 Å². The fraction of sp³-hybridized carbons (Fsp3) is 0.500. The van der Waals surface area contributed by atoms with Crippen LogP contribution >= 0.6 is 0 Å². The van der Waals surface area contributed by atoms with Crippen molar-refractivity contribution in [3.8, 4) is 0 Å². The van der Waals surface area contributed by atoms with Crippen LogP contribution in [0.1, 0.15) is 36.5 Å². The molecule has 0 spiro atoms. The first-order valence-corrected chi connectivity index (χ1v) is 5.60. The first kappa shape index (κ1) is 12.5. The van der Waals surface area contributed by atoms with E-state index >= 15 is 0 Å². The Morgan fingerprint density at radius 2 is 2.19 bits per heavy atom. The zero-order valence-electron chi connectivity index (χ0n) is 9.82. The van der Waals surface area contributed by atoms with Crippen LogP contribution in [0.3, 0.4) is 0 Å². The SMILES string of the molecule is CCCCCNC(=O)c1cccn(C)c1=O. The number of hydrogen-bond donors (Lipinski definition) is 1. The van der Waals surface area contributed by atoms with Gasteiger partial charge in [0.2, 0.25) is 0 Å². The lowest BCUT2D eigenvalue weighted by atomic mass is 10.2. The third-order valence-corrected chi connectivity index (χ3v) is 2.43. The van der Waals surface area contributed by atoms with E-state index in [-0.39, 0.29) is 17.0 Å². The van der Waals surface area contributed by atoms with Gasteiger partial charge in [0.15, 0.2) is 0 Å². The number of pyridine rings is 1. The van der Waals surface area contributed by atoms with Crippen molar-refractivity contribution < 1.29 is 4.79 Å². The van der Waals surface area contributed by atoms with Crippen molar-refractivity contribution in [1.29, 1.82) is 0 Å². The molecule has 1 rings (SSSR count). The Morgan fingerprint density at radius 1 is 1.44 bits per heavy atom. The summed E-state index contributed by atoms with van der Waals surface area (Å²) in [5, 5.41) is 2.75. The maximum atomic E-state index is 11.7. The van der Waals surface area contributed by atoms with Crippen molar-refractivity contribution >= 4 is 5.91 Å². The highest BCUT2D eigenvalue weighted by Crippen LogP contribution is 1.94. The van der Waals surface area contributed by atoms with E-state index in [4.69, 9.17) is 0 Å².